The number of nitrogens with zero attached hydrogens (tertiary/aromatic N) is 1. The molecule has 1 aliphatic carbocycles. The maximum atomic E-state index is 6.04. The summed E-state index contributed by atoms with van der Waals surface area (Å²) in [6, 6.07) is 17.0. The number of benzene rings is 2. The van der Waals surface area contributed by atoms with E-state index in [4.69, 9.17) is 10.7 Å². The van der Waals surface area contributed by atoms with E-state index in [9.17, 15) is 0 Å². The number of nitrogen functional groups attached to an aromatic ring is 1. The number of aryl methyl sites for hydroxylation is 2. The number of rotatable bonds is 2. The van der Waals surface area contributed by atoms with Crippen molar-refractivity contribution in [1.82, 2.24) is 4.98 Å². The van der Waals surface area contributed by atoms with Crippen molar-refractivity contribution in [1.29, 1.82) is 0 Å². The molecule has 3 nitrogen and oxygen atoms in total. The van der Waals surface area contributed by atoms with Crippen LogP contribution in [0, 0.1) is 6.92 Å². The Kier molecular flexibility index (Phi) is 3.00. The Hall–Kier alpha value is -2.55. The van der Waals surface area contributed by atoms with E-state index in [2.05, 4.69) is 42.6 Å². The van der Waals surface area contributed by atoms with Crippen LogP contribution in [-0.2, 0) is 6.42 Å². The molecule has 0 spiro atoms. The van der Waals surface area contributed by atoms with Crippen molar-refractivity contribution in [3.8, 4) is 0 Å². The SMILES string of the molecule is Cc1cc2c(N)cccc2nc1N[C@@H]1CCc2ccccc21. The Morgan fingerprint density at radius 2 is 2.00 bits per heavy atom. The Balaban J connectivity index is 1.72. The quantitative estimate of drug-likeness (QED) is 0.694. The number of hydrogen-bond acceptors (Lipinski definition) is 3. The van der Waals surface area contributed by atoms with Gasteiger partial charge in [0, 0.05) is 11.1 Å². The van der Waals surface area contributed by atoms with Crippen LogP contribution < -0.4 is 11.1 Å². The summed E-state index contributed by atoms with van der Waals surface area (Å²) in [5, 5.41) is 4.65. The van der Waals surface area contributed by atoms with E-state index in [1.165, 1.54) is 11.1 Å². The van der Waals surface area contributed by atoms with Crippen LogP contribution in [0.25, 0.3) is 10.9 Å². The van der Waals surface area contributed by atoms with Crippen LogP contribution in [0.1, 0.15) is 29.2 Å². The predicted molar refractivity (Wildman–Crippen MR) is 92.0 cm³/mol. The Labute approximate surface area is 130 Å². The average Bonchev–Trinajstić information content (AvgIpc) is 2.93. The van der Waals surface area contributed by atoms with Gasteiger partial charge in [-0.1, -0.05) is 30.3 Å². The van der Waals surface area contributed by atoms with E-state index >= 15 is 0 Å². The van der Waals surface area contributed by atoms with Gasteiger partial charge in [-0.05, 0) is 54.7 Å². The lowest BCUT2D eigenvalue weighted by atomic mass is 10.1. The molecule has 0 amide bonds. The van der Waals surface area contributed by atoms with Crippen LogP contribution in [0.15, 0.2) is 48.5 Å². The first kappa shape index (κ1) is 13.1. The second-order valence-electron chi connectivity index (χ2n) is 6.00. The number of pyridine rings is 1. The van der Waals surface area contributed by atoms with Crippen LogP contribution in [0.5, 0.6) is 0 Å². The summed E-state index contributed by atoms with van der Waals surface area (Å²) in [5.41, 5.74) is 11.7. The molecule has 1 atom stereocenters. The molecule has 0 unspecified atom stereocenters. The molecule has 3 heteroatoms. The summed E-state index contributed by atoms with van der Waals surface area (Å²) in [6.45, 7) is 2.09. The molecule has 1 heterocycles. The fourth-order valence-corrected chi connectivity index (χ4v) is 3.34. The molecule has 1 aliphatic rings. The summed E-state index contributed by atoms with van der Waals surface area (Å²) in [7, 11) is 0. The maximum absolute atomic E-state index is 6.04. The standard InChI is InChI=1S/C19H19N3/c1-12-11-15-16(20)7-4-8-17(15)21-19(12)22-18-10-9-13-5-2-3-6-14(13)18/h2-8,11,18H,9-10,20H2,1H3,(H,21,22)/t18-/m1/s1. The van der Waals surface area contributed by atoms with Crippen molar-refractivity contribution in [2.75, 3.05) is 11.1 Å². The molecule has 2 aromatic carbocycles. The zero-order chi connectivity index (χ0) is 15.1. The topological polar surface area (TPSA) is 50.9 Å². The van der Waals surface area contributed by atoms with Crippen molar-refractivity contribution in [2.24, 2.45) is 0 Å². The molecule has 1 aromatic heterocycles. The largest absolute Gasteiger partial charge is 0.398 e. The second kappa shape index (κ2) is 5.02. The van der Waals surface area contributed by atoms with Gasteiger partial charge in [0.2, 0.25) is 0 Å². The van der Waals surface area contributed by atoms with Crippen molar-refractivity contribution in [2.45, 2.75) is 25.8 Å². The summed E-state index contributed by atoms with van der Waals surface area (Å²) < 4.78 is 0. The zero-order valence-electron chi connectivity index (χ0n) is 12.6. The smallest absolute Gasteiger partial charge is 0.130 e. The van der Waals surface area contributed by atoms with E-state index in [0.717, 1.165) is 40.8 Å². The number of hydrogen-bond donors (Lipinski definition) is 2. The molecule has 0 bridgehead atoms. The highest BCUT2D eigenvalue weighted by molar-refractivity contribution is 5.91. The number of aromatic nitrogens is 1. The van der Waals surface area contributed by atoms with Gasteiger partial charge in [0.25, 0.3) is 0 Å². The van der Waals surface area contributed by atoms with Gasteiger partial charge in [-0.15, -0.1) is 0 Å². The van der Waals surface area contributed by atoms with Gasteiger partial charge in [-0.2, -0.15) is 0 Å². The van der Waals surface area contributed by atoms with Crippen molar-refractivity contribution >= 4 is 22.4 Å². The highest BCUT2D eigenvalue weighted by Crippen LogP contribution is 2.34. The fourth-order valence-electron chi connectivity index (χ4n) is 3.34. The minimum absolute atomic E-state index is 0.348. The summed E-state index contributed by atoms with van der Waals surface area (Å²) >= 11 is 0. The van der Waals surface area contributed by atoms with Crippen molar-refractivity contribution < 1.29 is 0 Å². The van der Waals surface area contributed by atoms with Gasteiger partial charge in [-0.25, -0.2) is 4.98 Å². The Morgan fingerprint density at radius 1 is 1.14 bits per heavy atom. The third-order valence-electron chi connectivity index (χ3n) is 4.53. The van der Waals surface area contributed by atoms with Crippen LogP contribution in [0.4, 0.5) is 11.5 Å². The number of anilines is 2. The van der Waals surface area contributed by atoms with Crippen LogP contribution >= 0.6 is 0 Å². The molecule has 0 saturated heterocycles. The van der Waals surface area contributed by atoms with Gasteiger partial charge < -0.3 is 11.1 Å². The lowest BCUT2D eigenvalue weighted by Gasteiger charge is -2.17. The van der Waals surface area contributed by atoms with E-state index in [1.54, 1.807) is 0 Å². The molecule has 3 N–H and O–H groups in total. The first-order chi connectivity index (χ1) is 10.7. The van der Waals surface area contributed by atoms with Crippen LogP contribution in [0.2, 0.25) is 0 Å². The van der Waals surface area contributed by atoms with Gasteiger partial charge in [0.05, 0.1) is 11.6 Å². The summed E-state index contributed by atoms with van der Waals surface area (Å²) in [4.78, 5) is 4.78. The number of nitrogens with one attached hydrogen (secondary N) is 1. The summed E-state index contributed by atoms with van der Waals surface area (Å²) in [6.07, 6.45) is 2.25. The van der Waals surface area contributed by atoms with E-state index in [1.807, 2.05) is 18.2 Å². The molecule has 3 aromatic rings. The zero-order valence-corrected chi connectivity index (χ0v) is 12.6. The molecule has 0 radical (unpaired) electrons. The van der Waals surface area contributed by atoms with Crippen molar-refractivity contribution in [3.05, 3.63) is 65.2 Å². The molecular weight excluding hydrogens is 270 g/mol. The normalized spacial score (nSPS) is 16.7. The number of nitrogens with two attached hydrogens (primary N) is 1. The van der Waals surface area contributed by atoms with Crippen molar-refractivity contribution in [3.63, 3.8) is 0 Å². The highest BCUT2D eigenvalue weighted by atomic mass is 15.0. The first-order valence-electron chi connectivity index (χ1n) is 7.72. The minimum Gasteiger partial charge on any atom is -0.398 e. The fraction of sp³-hybridized carbons (Fsp3) is 0.211. The third-order valence-corrected chi connectivity index (χ3v) is 4.53. The second-order valence-corrected chi connectivity index (χ2v) is 6.00. The highest BCUT2D eigenvalue weighted by Gasteiger charge is 2.22. The molecule has 4 rings (SSSR count). The van der Waals surface area contributed by atoms with E-state index in [-0.39, 0.29) is 0 Å². The maximum Gasteiger partial charge on any atom is 0.130 e. The van der Waals surface area contributed by atoms with Gasteiger partial charge >= 0.3 is 0 Å². The van der Waals surface area contributed by atoms with Crippen LogP contribution in [0.3, 0.4) is 0 Å². The Morgan fingerprint density at radius 3 is 2.91 bits per heavy atom. The lowest BCUT2D eigenvalue weighted by molar-refractivity contribution is 0.757. The Bertz CT molecular complexity index is 854. The lowest BCUT2D eigenvalue weighted by Crippen LogP contribution is -2.10. The predicted octanol–water partition coefficient (Wildman–Crippen LogP) is 4.22. The third kappa shape index (κ3) is 2.10. The van der Waals surface area contributed by atoms with Gasteiger partial charge in [-0.3, -0.25) is 0 Å². The molecular formula is C19H19N3. The van der Waals surface area contributed by atoms with E-state index in [0.29, 0.717) is 6.04 Å². The molecule has 0 saturated carbocycles. The number of fused-ring (bicyclic) bond motifs is 2. The average molecular weight is 289 g/mol. The molecule has 0 fully saturated rings. The van der Waals surface area contributed by atoms with E-state index < -0.39 is 0 Å². The summed E-state index contributed by atoms with van der Waals surface area (Å²) in [5.74, 6) is 0.958. The monoisotopic (exact) mass is 289 g/mol. The molecule has 110 valence electrons. The van der Waals surface area contributed by atoms with Gasteiger partial charge in [0.15, 0.2) is 0 Å². The molecule has 0 aliphatic heterocycles. The first-order valence-corrected chi connectivity index (χ1v) is 7.72. The van der Waals surface area contributed by atoms with Gasteiger partial charge in [0.1, 0.15) is 5.82 Å². The molecule has 22 heavy (non-hydrogen) atoms. The minimum atomic E-state index is 0.348. The van der Waals surface area contributed by atoms with Crippen LogP contribution in [-0.4, -0.2) is 4.98 Å².